The molecule has 2 aromatic carbocycles. The molecule has 0 radical (unpaired) electrons. The molecule has 2 heterocycles. The number of hydrogen-bond donors (Lipinski definition) is 1. The molecule has 33 heavy (non-hydrogen) atoms. The number of benzene rings is 2. The van der Waals surface area contributed by atoms with Crippen molar-refractivity contribution < 1.29 is 28.6 Å². The van der Waals surface area contributed by atoms with E-state index in [0.29, 0.717) is 67.5 Å². The molecule has 0 atom stereocenters. The number of cyclic esters (lactones) is 1. The molecule has 2 saturated heterocycles. The number of methoxy groups -OCH3 is 2. The van der Waals surface area contributed by atoms with Crippen molar-refractivity contribution in [3.05, 3.63) is 48.0 Å². The lowest BCUT2D eigenvalue weighted by atomic mass is 9.95. The molecule has 9 nitrogen and oxygen atoms in total. The highest BCUT2D eigenvalue weighted by Crippen LogP contribution is 2.27. The average Bonchev–Trinajstić information content (AvgIpc) is 3.29. The second kappa shape index (κ2) is 9.81. The number of carbonyl (C=O) groups is 3. The van der Waals surface area contributed by atoms with Crippen LogP contribution in [0.1, 0.15) is 23.2 Å². The van der Waals surface area contributed by atoms with Crippen molar-refractivity contribution in [2.24, 2.45) is 5.92 Å². The van der Waals surface area contributed by atoms with E-state index in [1.54, 1.807) is 61.6 Å². The standard InChI is InChI=1S/C24H27N3O6/c1-31-20-12-17(13-21(15-20)32-2)23(29)26-8-6-16(7-9-26)22(28)25-18-4-3-5-19(14-18)27-10-11-33-24(27)30/h3-5,12-16H,6-11H2,1-2H3,(H,25,28). The molecular weight excluding hydrogens is 426 g/mol. The predicted octanol–water partition coefficient (Wildman–Crippen LogP) is 3.15. The first kappa shape index (κ1) is 22.4. The summed E-state index contributed by atoms with van der Waals surface area (Å²) in [7, 11) is 3.08. The predicted molar refractivity (Wildman–Crippen MR) is 122 cm³/mol. The van der Waals surface area contributed by atoms with Crippen LogP contribution in [0.15, 0.2) is 42.5 Å². The van der Waals surface area contributed by atoms with E-state index in [4.69, 9.17) is 14.2 Å². The van der Waals surface area contributed by atoms with Gasteiger partial charge in [-0.15, -0.1) is 0 Å². The molecule has 0 aliphatic carbocycles. The highest BCUT2D eigenvalue weighted by molar-refractivity contribution is 5.96. The van der Waals surface area contributed by atoms with Crippen LogP contribution in [0.2, 0.25) is 0 Å². The van der Waals surface area contributed by atoms with Crippen molar-refractivity contribution in [2.45, 2.75) is 12.8 Å². The molecule has 1 N–H and O–H groups in total. The summed E-state index contributed by atoms with van der Waals surface area (Å²) in [6.45, 7) is 1.81. The summed E-state index contributed by atoms with van der Waals surface area (Å²) in [5.74, 6) is 0.699. The Hall–Kier alpha value is -3.75. The number of rotatable bonds is 6. The van der Waals surface area contributed by atoms with Gasteiger partial charge in [-0.3, -0.25) is 14.5 Å². The minimum atomic E-state index is -0.385. The van der Waals surface area contributed by atoms with Crippen molar-refractivity contribution >= 4 is 29.3 Å². The Balaban J connectivity index is 1.35. The fourth-order valence-electron chi connectivity index (χ4n) is 4.08. The summed E-state index contributed by atoms with van der Waals surface area (Å²) < 4.78 is 15.5. The van der Waals surface area contributed by atoms with Gasteiger partial charge in [-0.25, -0.2) is 4.79 Å². The monoisotopic (exact) mass is 453 g/mol. The zero-order valence-electron chi connectivity index (χ0n) is 18.7. The number of anilines is 2. The van der Waals surface area contributed by atoms with Gasteiger partial charge in [0.15, 0.2) is 0 Å². The molecule has 2 aromatic rings. The molecule has 0 bridgehead atoms. The first-order valence-electron chi connectivity index (χ1n) is 10.9. The van der Waals surface area contributed by atoms with Gasteiger partial charge in [0.05, 0.1) is 20.8 Å². The summed E-state index contributed by atoms with van der Waals surface area (Å²) in [5.41, 5.74) is 1.80. The van der Waals surface area contributed by atoms with Gasteiger partial charge in [-0.2, -0.15) is 0 Å². The third-order valence-corrected chi connectivity index (χ3v) is 5.94. The van der Waals surface area contributed by atoms with E-state index >= 15 is 0 Å². The molecular formula is C24H27N3O6. The molecule has 2 aliphatic rings. The van der Waals surface area contributed by atoms with Crippen LogP contribution >= 0.6 is 0 Å². The summed E-state index contributed by atoms with van der Waals surface area (Å²) in [6, 6.07) is 12.2. The van der Waals surface area contributed by atoms with Crippen LogP contribution < -0.4 is 19.7 Å². The largest absolute Gasteiger partial charge is 0.497 e. The van der Waals surface area contributed by atoms with E-state index in [-0.39, 0.29) is 23.8 Å². The summed E-state index contributed by atoms with van der Waals surface area (Å²) in [4.78, 5) is 40.9. The Kier molecular flexibility index (Phi) is 6.67. The fraction of sp³-hybridized carbons (Fsp3) is 0.375. The highest BCUT2D eigenvalue weighted by atomic mass is 16.6. The lowest BCUT2D eigenvalue weighted by Gasteiger charge is -2.31. The third-order valence-electron chi connectivity index (χ3n) is 5.94. The van der Waals surface area contributed by atoms with Crippen LogP contribution in [0, 0.1) is 5.92 Å². The Morgan fingerprint density at radius 3 is 2.30 bits per heavy atom. The Morgan fingerprint density at radius 2 is 1.70 bits per heavy atom. The smallest absolute Gasteiger partial charge is 0.414 e. The van der Waals surface area contributed by atoms with Crippen molar-refractivity contribution in [3.63, 3.8) is 0 Å². The van der Waals surface area contributed by atoms with E-state index in [0.717, 1.165) is 0 Å². The normalized spacial score (nSPS) is 16.4. The van der Waals surface area contributed by atoms with Gasteiger partial charge in [0.1, 0.15) is 18.1 Å². The summed E-state index contributed by atoms with van der Waals surface area (Å²) in [5, 5.41) is 2.94. The topological polar surface area (TPSA) is 97.4 Å². The quantitative estimate of drug-likeness (QED) is 0.722. The molecule has 3 amide bonds. The number of nitrogens with zero attached hydrogens (tertiary/aromatic N) is 2. The molecule has 0 aromatic heterocycles. The first-order chi connectivity index (χ1) is 16.0. The fourth-order valence-corrected chi connectivity index (χ4v) is 4.08. The zero-order chi connectivity index (χ0) is 23.4. The molecule has 0 spiro atoms. The molecule has 174 valence electrons. The number of piperidine rings is 1. The summed E-state index contributed by atoms with van der Waals surface area (Å²) >= 11 is 0. The summed E-state index contributed by atoms with van der Waals surface area (Å²) in [6.07, 6.45) is 0.748. The minimum Gasteiger partial charge on any atom is -0.497 e. The molecule has 0 saturated carbocycles. The van der Waals surface area contributed by atoms with Crippen molar-refractivity contribution in [1.82, 2.24) is 4.90 Å². The number of likely N-dealkylation sites (tertiary alicyclic amines) is 1. The van der Waals surface area contributed by atoms with Gasteiger partial charge >= 0.3 is 6.09 Å². The van der Waals surface area contributed by atoms with Crippen LogP contribution in [0.4, 0.5) is 16.2 Å². The van der Waals surface area contributed by atoms with Crippen LogP contribution in [0.5, 0.6) is 11.5 Å². The highest BCUT2D eigenvalue weighted by Gasteiger charge is 2.29. The van der Waals surface area contributed by atoms with Gasteiger partial charge in [0.2, 0.25) is 5.91 Å². The second-order valence-electron chi connectivity index (χ2n) is 7.97. The maximum atomic E-state index is 13.0. The van der Waals surface area contributed by atoms with Gasteiger partial charge in [0.25, 0.3) is 5.91 Å². The van der Waals surface area contributed by atoms with E-state index in [1.807, 2.05) is 0 Å². The number of amides is 3. The van der Waals surface area contributed by atoms with Crippen LogP contribution in [0.25, 0.3) is 0 Å². The zero-order valence-corrected chi connectivity index (χ0v) is 18.7. The average molecular weight is 453 g/mol. The second-order valence-corrected chi connectivity index (χ2v) is 7.97. The van der Waals surface area contributed by atoms with E-state index in [9.17, 15) is 14.4 Å². The number of nitrogens with one attached hydrogen (secondary N) is 1. The van der Waals surface area contributed by atoms with Crippen molar-refractivity contribution in [1.29, 1.82) is 0 Å². The Labute approximate surface area is 192 Å². The van der Waals surface area contributed by atoms with Gasteiger partial charge in [-0.1, -0.05) is 6.07 Å². The van der Waals surface area contributed by atoms with E-state index in [1.165, 1.54) is 4.90 Å². The third kappa shape index (κ3) is 5.02. The lowest BCUT2D eigenvalue weighted by Crippen LogP contribution is -2.41. The van der Waals surface area contributed by atoms with Crippen LogP contribution in [-0.4, -0.2) is 63.3 Å². The van der Waals surface area contributed by atoms with Gasteiger partial charge < -0.3 is 24.4 Å². The molecule has 0 unspecified atom stereocenters. The number of ether oxygens (including phenoxy) is 3. The van der Waals surface area contributed by atoms with Crippen LogP contribution in [-0.2, 0) is 9.53 Å². The van der Waals surface area contributed by atoms with Crippen molar-refractivity contribution in [3.8, 4) is 11.5 Å². The molecule has 2 fully saturated rings. The van der Waals surface area contributed by atoms with E-state index in [2.05, 4.69) is 5.32 Å². The molecule has 4 rings (SSSR count). The maximum absolute atomic E-state index is 13.0. The maximum Gasteiger partial charge on any atom is 0.414 e. The lowest BCUT2D eigenvalue weighted by molar-refractivity contribution is -0.121. The van der Waals surface area contributed by atoms with E-state index < -0.39 is 0 Å². The SMILES string of the molecule is COc1cc(OC)cc(C(=O)N2CCC(C(=O)Nc3cccc(N4CCOC4=O)c3)CC2)c1. The molecule has 9 heteroatoms. The Bertz CT molecular complexity index is 1030. The van der Waals surface area contributed by atoms with Gasteiger partial charge in [-0.05, 0) is 43.2 Å². The van der Waals surface area contributed by atoms with Crippen molar-refractivity contribution in [2.75, 3.05) is 50.7 Å². The van der Waals surface area contributed by atoms with Gasteiger partial charge in [0, 0.05) is 42.0 Å². The minimum absolute atomic E-state index is 0.0914. The first-order valence-corrected chi connectivity index (χ1v) is 10.9. The Morgan fingerprint density at radius 1 is 1.00 bits per heavy atom. The molecule has 2 aliphatic heterocycles. The number of hydrogen-bond acceptors (Lipinski definition) is 6. The number of carbonyl (C=O) groups excluding carboxylic acids is 3. The van der Waals surface area contributed by atoms with Crippen LogP contribution in [0.3, 0.4) is 0 Å².